The molecule has 0 radical (unpaired) electrons. The molecule has 1 amide bonds. The number of esters is 1. The fourth-order valence-corrected chi connectivity index (χ4v) is 2.54. The van der Waals surface area contributed by atoms with Gasteiger partial charge in [0, 0.05) is 11.6 Å². The van der Waals surface area contributed by atoms with E-state index in [0.29, 0.717) is 17.1 Å². The molecule has 6 nitrogen and oxygen atoms in total. The Labute approximate surface area is 152 Å². The van der Waals surface area contributed by atoms with Crippen molar-refractivity contribution < 1.29 is 23.8 Å². The monoisotopic (exact) mass is 355 g/mol. The Morgan fingerprint density at radius 2 is 1.69 bits per heavy atom. The van der Waals surface area contributed by atoms with Gasteiger partial charge in [0.25, 0.3) is 5.91 Å². The number of methoxy groups -OCH3 is 2. The van der Waals surface area contributed by atoms with Crippen LogP contribution >= 0.6 is 0 Å². The van der Waals surface area contributed by atoms with Gasteiger partial charge >= 0.3 is 5.97 Å². The molecule has 0 bridgehead atoms. The highest BCUT2D eigenvalue weighted by atomic mass is 16.5. The van der Waals surface area contributed by atoms with Gasteiger partial charge in [-0.2, -0.15) is 0 Å². The average Bonchev–Trinajstić information content (AvgIpc) is 3.49. The molecule has 136 valence electrons. The Balaban J connectivity index is 1.81. The maximum atomic E-state index is 12.6. The van der Waals surface area contributed by atoms with Crippen molar-refractivity contribution in [2.45, 2.75) is 25.0 Å². The minimum atomic E-state index is -1.00. The SMILES string of the molecule is COc1ccc(C(=O)O[C@H](C(=O)NC2CC2)c2ccccc2)cc1OC. The molecule has 3 rings (SSSR count). The van der Waals surface area contributed by atoms with Crippen molar-refractivity contribution in [2.24, 2.45) is 0 Å². The van der Waals surface area contributed by atoms with Crippen molar-refractivity contribution in [2.75, 3.05) is 14.2 Å². The predicted octanol–water partition coefficient (Wildman–Crippen LogP) is 2.88. The van der Waals surface area contributed by atoms with Crippen LogP contribution in [-0.4, -0.2) is 32.1 Å². The highest BCUT2D eigenvalue weighted by Gasteiger charge is 2.31. The van der Waals surface area contributed by atoms with E-state index in [0.717, 1.165) is 12.8 Å². The first-order valence-electron chi connectivity index (χ1n) is 8.40. The summed E-state index contributed by atoms with van der Waals surface area (Å²) in [4.78, 5) is 25.2. The van der Waals surface area contributed by atoms with Crippen molar-refractivity contribution in [3.8, 4) is 11.5 Å². The van der Waals surface area contributed by atoms with Gasteiger partial charge in [-0.05, 0) is 31.0 Å². The fourth-order valence-electron chi connectivity index (χ4n) is 2.54. The molecule has 1 N–H and O–H groups in total. The zero-order valence-electron chi connectivity index (χ0n) is 14.7. The lowest BCUT2D eigenvalue weighted by molar-refractivity contribution is -0.130. The van der Waals surface area contributed by atoms with E-state index in [4.69, 9.17) is 14.2 Å². The average molecular weight is 355 g/mol. The van der Waals surface area contributed by atoms with Crippen molar-refractivity contribution in [1.82, 2.24) is 5.32 Å². The summed E-state index contributed by atoms with van der Waals surface area (Å²) in [6, 6.07) is 13.9. The van der Waals surface area contributed by atoms with Gasteiger partial charge in [0.2, 0.25) is 6.10 Å². The summed E-state index contributed by atoms with van der Waals surface area (Å²) < 4.78 is 15.9. The Hall–Kier alpha value is -3.02. The van der Waals surface area contributed by atoms with Crippen molar-refractivity contribution in [1.29, 1.82) is 0 Å². The number of hydrogen-bond donors (Lipinski definition) is 1. The molecule has 0 spiro atoms. The summed E-state index contributed by atoms with van der Waals surface area (Å²) in [6.07, 6.45) is 0.908. The molecule has 26 heavy (non-hydrogen) atoms. The summed E-state index contributed by atoms with van der Waals surface area (Å²) in [5.41, 5.74) is 0.905. The zero-order valence-corrected chi connectivity index (χ0v) is 14.7. The van der Waals surface area contributed by atoms with E-state index in [-0.39, 0.29) is 17.5 Å². The van der Waals surface area contributed by atoms with Crippen LogP contribution in [0.2, 0.25) is 0 Å². The van der Waals surface area contributed by atoms with Crippen LogP contribution in [-0.2, 0) is 9.53 Å². The van der Waals surface area contributed by atoms with Gasteiger partial charge in [-0.25, -0.2) is 4.79 Å². The van der Waals surface area contributed by atoms with Crippen LogP contribution in [0.25, 0.3) is 0 Å². The second kappa shape index (κ2) is 7.91. The van der Waals surface area contributed by atoms with E-state index in [2.05, 4.69) is 5.32 Å². The number of amides is 1. The minimum Gasteiger partial charge on any atom is -0.493 e. The zero-order chi connectivity index (χ0) is 18.5. The van der Waals surface area contributed by atoms with Gasteiger partial charge in [0.1, 0.15) is 0 Å². The minimum absolute atomic E-state index is 0.175. The topological polar surface area (TPSA) is 73.9 Å². The molecule has 2 aromatic rings. The van der Waals surface area contributed by atoms with Crippen molar-refractivity contribution >= 4 is 11.9 Å². The Bertz CT molecular complexity index is 786. The van der Waals surface area contributed by atoms with E-state index < -0.39 is 12.1 Å². The van der Waals surface area contributed by atoms with Gasteiger partial charge < -0.3 is 19.5 Å². The fraction of sp³-hybridized carbons (Fsp3) is 0.300. The lowest BCUT2D eigenvalue weighted by Crippen LogP contribution is -2.33. The van der Waals surface area contributed by atoms with Gasteiger partial charge in [-0.15, -0.1) is 0 Å². The third kappa shape index (κ3) is 4.14. The van der Waals surface area contributed by atoms with E-state index >= 15 is 0 Å². The third-order valence-electron chi connectivity index (χ3n) is 4.11. The number of carbonyl (C=O) groups excluding carboxylic acids is 2. The molecule has 2 aromatic carbocycles. The molecule has 6 heteroatoms. The lowest BCUT2D eigenvalue weighted by Gasteiger charge is -2.18. The van der Waals surface area contributed by atoms with Crippen LogP contribution < -0.4 is 14.8 Å². The van der Waals surface area contributed by atoms with Gasteiger partial charge in [-0.3, -0.25) is 4.79 Å². The Kier molecular flexibility index (Phi) is 5.41. The molecule has 0 aromatic heterocycles. The molecule has 1 fully saturated rings. The molecule has 1 saturated carbocycles. The number of carbonyl (C=O) groups is 2. The second-order valence-electron chi connectivity index (χ2n) is 6.05. The van der Waals surface area contributed by atoms with Gasteiger partial charge in [0.05, 0.1) is 19.8 Å². The van der Waals surface area contributed by atoms with Crippen LogP contribution in [0.4, 0.5) is 0 Å². The predicted molar refractivity (Wildman–Crippen MR) is 95.3 cm³/mol. The lowest BCUT2D eigenvalue weighted by atomic mass is 10.1. The molecule has 0 unspecified atom stereocenters. The van der Waals surface area contributed by atoms with Gasteiger partial charge in [0.15, 0.2) is 11.5 Å². The van der Waals surface area contributed by atoms with Crippen LogP contribution in [0.3, 0.4) is 0 Å². The van der Waals surface area contributed by atoms with Crippen LogP contribution in [0.15, 0.2) is 48.5 Å². The molecular formula is C20H21NO5. The molecular weight excluding hydrogens is 334 g/mol. The van der Waals surface area contributed by atoms with E-state index in [9.17, 15) is 9.59 Å². The van der Waals surface area contributed by atoms with Crippen LogP contribution in [0.5, 0.6) is 11.5 Å². The molecule has 1 aliphatic carbocycles. The third-order valence-corrected chi connectivity index (χ3v) is 4.11. The Morgan fingerprint density at radius 3 is 2.31 bits per heavy atom. The maximum Gasteiger partial charge on any atom is 0.339 e. The Morgan fingerprint density at radius 1 is 1.00 bits per heavy atom. The molecule has 0 aliphatic heterocycles. The van der Waals surface area contributed by atoms with E-state index in [1.165, 1.54) is 20.3 Å². The summed E-state index contributed by atoms with van der Waals surface area (Å²) in [5, 5.41) is 2.89. The summed E-state index contributed by atoms with van der Waals surface area (Å²) in [5.74, 6) is 0.00839. The quantitative estimate of drug-likeness (QED) is 0.773. The largest absolute Gasteiger partial charge is 0.493 e. The maximum absolute atomic E-state index is 12.6. The van der Waals surface area contributed by atoms with Crippen LogP contribution in [0, 0.1) is 0 Å². The number of benzene rings is 2. The van der Waals surface area contributed by atoms with Crippen molar-refractivity contribution in [3.63, 3.8) is 0 Å². The first kappa shape index (κ1) is 17.8. The second-order valence-corrected chi connectivity index (χ2v) is 6.05. The summed E-state index contributed by atoms with van der Waals surface area (Å²) in [7, 11) is 3.01. The number of ether oxygens (including phenoxy) is 3. The highest BCUT2D eigenvalue weighted by molar-refractivity contribution is 5.93. The van der Waals surface area contributed by atoms with Crippen LogP contribution in [0.1, 0.15) is 34.9 Å². The normalized spacial score (nSPS) is 14.2. The molecule has 1 aliphatic rings. The first-order chi connectivity index (χ1) is 12.6. The van der Waals surface area contributed by atoms with E-state index in [1.54, 1.807) is 36.4 Å². The van der Waals surface area contributed by atoms with E-state index in [1.807, 2.05) is 6.07 Å². The van der Waals surface area contributed by atoms with Gasteiger partial charge in [-0.1, -0.05) is 30.3 Å². The summed E-state index contributed by atoms with van der Waals surface area (Å²) in [6.45, 7) is 0. The molecule has 0 saturated heterocycles. The standard InChI is InChI=1S/C20H21NO5/c1-24-16-11-8-14(12-17(16)25-2)20(23)26-18(13-6-4-3-5-7-13)19(22)21-15-9-10-15/h3-8,11-12,15,18H,9-10H2,1-2H3,(H,21,22)/t18-/m0/s1. The molecule has 0 heterocycles. The first-order valence-corrected chi connectivity index (χ1v) is 8.40. The number of rotatable bonds is 7. The molecule has 1 atom stereocenters. The number of nitrogens with one attached hydrogen (secondary N) is 1. The smallest absolute Gasteiger partial charge is 0.339 e. The highest BCUT2D eigenvalue weighted by Crippen LogP contribution is 2.29. The summed E-state index contributed by atoms with van der Waals surface area (Å²) >= 11 is 0. The van der Waals surface area contributed by atoms with Crippen molar-refractivity contribution in [3.05, 3.63) is 59.7 Å². The number of hydrogen-bond acceptors (Lipinski definition) is 5.